The zero-order valence-corrected chi connectivity index (χ0v) is 12.6. The van der Waals surface area contributed by atoms with Gasteiger partial charge in [0.15, 0.2) is 0 Å². The van der Waals surface area contributed by atoms with E-state index in [9.17, 15) is 9.59 Å². The summed E-state index contributed by atoms with van der Waals surface area (Å²) in [5.41, 5.74) is 5.53. The molecule has 3 unspecified atom stereocenters. The molecule has 1 aliphatic carbocycles. The van der Waals surface area contributed by atoms with Crippen LogP contribution in [-0.2, 0) is 14.3 Å². The summed E-state index contributed by atoms with van der Waals surface area (Å²) in [4.78, 5) is 25.9. The van der Waals surface area contributed by atoms with Gasteiger partial charge < -0.3 is 15.8 Å². The fourth-order valence-corrected chi connectivity index (χ4v) is 3.67. The van der Waals surface area contributed by atoms with Gasteiger partial charge in [0.05, 0.1) is 18.8 Å². The molecule has 0 aromatic rings. The maximum atomic E-state index is 12.4. The number of nitrogens with zero attached hydrogens (tertiary/aromatic N) is 1. The molecule has 21 heavy (non-hydrogen) atoms. The standard InChI is InChI=1S/C15H25N3O3/c1-10(21-11-5-2-3-6-11)12(16)13(19)18-9-15(14(18)20)7-4-8-17-15/h10-12,17H,2-9,16H2,1H3. The zero-order valence-electron chi connectivity index (χ0n) is 12.6. The molecule has 2 amide bonds. The molecule has 6 heteroatoms. The van der Waals surface area contributed by atoms with Crippen LogP contribution in [0.3, 0.4) is 0 Å². The number of nitrogens with two attached hydrogens (primary N) is 1. The highest BCUT2D eigenvalue weighted by Crippen LogP contribution is 2.32. The molecule has 1 saturated carbocycles. The van der Waals surface area contributed by atoms with E-state index in [0.29, 0.717) is 6.54 Å². The van der Waals surface area contributed by atoms with Gasteiger partial charge in [0.1, 0.15) is 11.6 Å². The van der Waals surface area contributed by atoms with Crippen LogP contribution < -0.4 is 11.1 Å². The molecular formula is C15H25N3O3. The van der Waals surface area contributed by atoms with Crippen LogP contribution in [0.15, 0.2) is 0 Å². The smallest absolute Gasteiger partial charge is 0.251 e. The van der Waals surface area contributed by atoms with E-state index in [-0.39, 0.29) is 24.0 Å². The van der Waals surface area contributed by atoms with Crippen LogP contribution in [0.5, 0.6) is 0 Å². The Kier molecular flexibility index (Phi) is 4.03. The second-order valence-corrected chi connectivity index (χ2v) is 6.62. The Labute approximate surface area is 125 Å². The van der Waals surface area contributed by atoms with Gasteiger partial charge in [0, 0.05) is 0 Å². The SMILES string of the molecule is CC(OC1CCCC1)C(N)C(=O)N1CC2(CCCN2)C1=O. The molecule has 118 valence electrons. The Balaban J connectivity index is 1.54. The number of carbonyl (C=O) groups excluding carboxylic acids is 2. The average molecular weight is 295 g/mol. The predicted octanol–water partition coefficient (Wildman–Crippen LogP) is 0.152. The minimum absolute atomic E-state index is 0.117. The van der Waals surface area contributed by atoms with E-state index >= 15 is 0 Å². The fourth-order valence-electron chi connectivity index (χ4n) is 3.67. The van der Waals surface area contributed by atoms with Crippen LogP contribution in [0.25, 0.3) is 0 Å². The van der Waals surface area contributed by atoms with E-state index in [2.05, 4.69) is 5.32 Å². The van der Waals surface area contributed by atoms with Crippen LogP contribution in [0.1, 0.15) is 45.4 Å². The molecule has 0 aromatic carbocycles. The zero-order chi connectivity index (χ0) is 15.0. The van der Waals surface area contributed by atoms with E-state index < -0.39 is 11.6 Å². The quantitative estimate of drug-likeness (QED) is 0.721. The Morgan fingerprint density at radius 1 is 1.43 bits per heavy atom. The van der Waals surface area contributed by atoms with Crippen molar-refractivity contribution >= 4 is 11.8 Å². The first-order valence-corrected chi connectivity index (χ1v) is 8.05. The summed E-state index contributed by atoms with van der Waals surface area (Å²) in [6, 6.07) is -0.756. The minimum atomic E-state index is -0.756. The topological polar surface area (TPSA) is 84.7 Å². The van der Waals surface area contributed by atoms with Gasteiger partial charge in [-0.25, -0.2) is 0 Å². The summed E-state index contributed by atoms with van der Waals surface area (Å²) in [7, 11) is 0. The van der Waals surface area contributed by atoms with Crippen LogP contribution >= 0.6 is 0 Å². The van der Waals surface area contributed by atoms with Crippen molar-refractivity contribution in [1.82, 2.24) is 10.2 Å². The van der Waals surface area contributed by atoms with Gasteiger partial charge in [-0.15, -0.1) is 0 Å². The number of nitrogens with one attached hydrogen (secondary N) is 1. The van der Waals surface area contributed by atoms with Crippen LogP contribution in [0.2, 0.25) is 0 Å². The molecule has 6 nitrogen and oxygen atoms in total. The molecule has 3 N–H and O–H groups in total. The third-order valence-electron chi connectivity index (χ3n) is 5.09. The first kappa shape index (κ1) is 14.9. The number of carbonyl (C=O) groups is 2. The van der Waals surface area contributed by atoms with Crippen molar-refractivity contribution in [3.8, 4) is 0 Å². The Bertz CT molecular complexity index is 428. The minimum Gasteiger partial charge on any atom is -0.373 e. The second-order valence-electron chi connectivity index (χ2n) is 6.62. The molecule has 3 aliphatic rings. The molecule has 3 fully saturated rings. The van der Waals surface area contributed by atoms with Gasteiger partial charge in [-0.2, -0.15) is 0 Å². The molecule has 0 aromatic heterocycles. The van der Waals surface area contributed by atoms with Crippen molar-refractivity contribution in [2.24, 2.45) is 5.73 Å². The fraction of sp³-hybridized carbons (Fsp3) is 0.867. The highest BCUT2D eigenvalue weighted by Gasteiger charge is 2.56. The van der Waals surface area contributed by atoms with Crippen LogP contribution in [-0.4, -0.2) is 53.6 Å². The summed E-state index contributed by atoms with van der Waals surface area (Å²) in [6.07, 6.45) is 6.12. The maximum absolute atomic E-state index is 12.4. The monoisotopic (exact) mass is 295 g/mol. The number of hydrogen-bond donors (Lipinski definition) is 2. The summed E-state index contributed by atoms with van der Waals surface area (Å²) < 4.78 is 5.87. The average Bonchev–Trinajstić information content (AvgIpc) is 3.15. The molecule has 1 spiro atoms. The van der Waals surface area contributed by atoms with E-state index in [4.69, 9.17) is 10.5 Å². The summed E-state index contributed by atoms with van der Waals surface area (Å²) >= 11 is 0. The van der Waals surface area contributed by atoms with E-state index in [1.54, 1.807) is 0 Å². The van der Waals surface area contributed by atoms with Crippen molar-refractivity contribution in [2.45, 2.75) is 69.2 Å². The van der Waals surface area contributed by atoms with Crippen molar-refractivity contribution in [2.75, 3.05) is 13.1 Å². The number of β-lactam (4-membered cyclic amide) rings is 1. The van der Waals surface area contributed by atoms with Gasteiger partial charge in [-0.05, 0) is 39.2 Å². The normalized spacial score (nSPS) is 32.5. The Morgan fingerprint density at radius 2 is 2.14 bits per heavy atom. The second kappa shape index (κ2) is 5.66. The molecule has 3 atom stereocenters. The lowest BCUT2D eigenvalue weighted by atomic mass is 9.86. The maximum Gasteiger partial charge on any atom is 0.251 e. The van der Waals surface area contributed by atoms with Crippen LogP contribution in [0, 0.1) is 0 Å². The summed E-state index contributed by atoms with van der Waals surface area (Å²) in [6.45, 7) is 3.13. The number of rotatable bonds is 4. The van der Waals surface area contributed by atoms with Gasteiger partial charge in [0.2, 0.25) is 5.91 Å². The van der Waals surface area contributed by atoms with Crippen molar-refractivity contribution < 1.29 is 14.3 Å². The highest BCUT2D eigenvalue weighted by atomic mass is 16.5. The lowest BCUT2D eigenvalue weighted by Gasteiger charge is -2.46. The Morgan fingerprint density at radius 3 is 2.71 bits per heavy atom. The molecular weight excluding hydrogens is 270 g/mol. The van der Waals surface area contributed by atoms with Crippen LogP contribution in [0.4, 0.5) is 0 Å². The van der Waals surface area contributed by atoms with Gasteiger partial charge in [-0.3, -0.25) is 14.5 Å². The van der Waals surface area contributed by atoms with Gasteiger partial charge >= 0.3 is 0 Å². The molecule has 0 radical (unpaired) electrons. The van der Waals surface area contributed by atoms with Crippen molar-refractivity contribution in [1.29, 1.82) is 0 Å². The number of imide groups is 1. The Hall–Kier alpha value is -0.980. The third-order valence-corrected chi connectivity index (χ3v) is 5.09. The summed E-state index contributed by atoms with van der Waals surface area (Å²) in [5.74, 6) is -0.418. The summed E-state index contributed by atoms with van der Waals surface area (Å²) in [5, 5.41) is 3.22. The molecule has 2 heterocycles. The number of hydrogen-bond acceptors (Lipinski definition) is 5. The molecule has 3 rings (SSSR count). The largest absolute Gasteiger partial charge is 0.373 e. The first-order valence-electron chi connectivity index (χ1n) is 8.05. The third kappa shape index (κ3) is 2.60. The van der Waals surface area contributed by atoms with Gasteiger partial charge in [0.25, 0.3) is 5.91 Å². The number of amides is 2. The van der Waals surface area contributed by atoms with E-state index in [1.807, 2.05) is 6.92 Å². The van der Waals surface area contributed by atoms with E-state index in [1.165, 1.54) is 17.7 Å². The predicted molar refractivity (Wildman–Crippen MR) is 77.5 cm³/mol. The lowest BCUT2D eigenvalue weighted by molar-refractivity contribution is -0.164. The molecule has 2 aliphatic heterocycles. The van der Waals surface area contributed by atoms with E-state index in [0.717, 1.165) is 32.2 Å². The lowest BCUT2D eigenvalue weighted by Crippen LogP contribution is -2.74. The van der Waals surface area contributed by atoms with Gasteiger partial charge in [-0.1, -0.05) is 12.8 Å². The van der Waals surface area contributed by atoms with Crippen molar-refractivity contribution in [3.05, 3.63) is 0 Å². The molecule has 2 saturated heterocycles. The first-order chi connectivity index (χ1) is 10.0. The molecule has 0 bridgehead atoms. The highest BCUT2D eigenvalue weighted by molar-refractivity contribution is 6.07. The number of ether oxygens (including phenoxy) is 1. The number of likely N-dealkylation sites (tertiary alicyclic amines) is 1. The van der Waals surface area contributed by atoms with Crippen molar-refractivity contribution in [3.63, 3.8) is 0 Å².